The Bertz CT molecular complexity index is 175. The highest BCUT2D eigenvalue weighted by atomic mass is 16.5. The third-order valence-electron chi connectivity index (χ3n) is 4.21. The van der Waals surface area contributed by atoms with Crippen molar-refractivity contribution in [2.24, 2.45) is 17.8 Å². The van der Waals surface area contributed by atoms with Crippen LogP contribution in [-0.2, 0) is 4.74 Å². The van der Waals surface area contributed by atoms with Gasteiger partial charge in [0, 0.05) is 6.61 Å². The van der Waals surface area contributed by atoms with Crippen molar-refractivity contribution in [2.45, 2.75) is 38.2 Å². The summed E-state index contributed by atoms with van der Waals surface area (Å²) >= 11 is 0. The lowest BCUT2D eigenvalue weighted by molar-refractivity contribution is -0.168. The molecule has 3 fully saturated rings. The smallest absolute Gasteiger partial charge is 0.0741 e. The number of hydrogen-bond acceptors (Lipinski definition) is 1. The van der Waals surface area contributed by atoms with E-state index in [-0.39, 0.29) is 0 Å². The lowest BCUT2D eigenvalue weighted by Crippen LogP contribution is -2.53. The summed E-state index contributed by atoms with van der Waals surface area (Å²) < 4.78 is 5.94. The van der Waals surface area contributed by atoms with Gasteiger partial charge >= 0.3 is 0 Å². The first-order chi connectivity index (χ1) is 5.35. The highest BCUT2D eigenvalue weighted by Crippen LogP contribution is 2.67. The van der Waals surface area contributed by atoms with Crippen LogP contribution in [0, 0.1) is 17.8 Å². The van der Waals surface area contributed by atoms with E-state index >= 15 is 0 Å². The molecule has 1 nitrogen and oxygen atoms in total. The molecule has 62 valence electrons. The van der Waals surface area contributed by atoms with Gasteiger partial charge in [-0.25, -0.2) is 0 Å². The molecule has 3 aliphatic carbocycles. The highest BCUT2D eigenvalue weighted by molar-refractivity contribution is 5.16. The van der Waals surface area contributed by atoms with Crippen LogP contribution in [0.3, 0.4) is 0 Å². The van der Waals surface area contributed by atoms with Crippen LogP contribution >= 0.6 is 0 Å². The van der Waals surface area contributed by atoms with Crippen LogP contribution in [0.1, 0.15) is 32.6 Å². The summed E-state index contributed by atoms with van der Waals surface area (Å²) in [4.78, 5) is 0. The Labute approximate surface area is 68.1 Å². The topological polar surface area (TPSA) is 9.23 Å². The summed E-state index contributed by atoms with van der Waals surface area (Å²) in [6.45, 7) is 3.07. The van der Waals surface area contributed by atoms with Crippen LogP contribution < -0.4 is 0 Å². The average Bonchev–Trinajstić information content (AvgIpc) is 2.40. The Balaban J connectivity index is 1.88. The van der Waals surface area contributed by atoms with Gasteiger partial charge in [0.15, 0.2) is 0 Å². The molecule has 2 bridgehead atoms. The molecule has 1 heteroatoms. The Morgan fingerprint density at radius 1 is 1.27 bits per heavy atom. The molecule has 3 saturated carbocycles. The molecule has 3 aliphatic rings. The highest BCUT2D eigenvalue weighted by Gasteiger charge is 2.66. The van der Waals surface area contributed by atoms with Gasteiger partial charge < -0.3 is 4.74 Å². The molecule has 11 heavy (non-hydrogen) atoms. The van der Waals surface area contributed by atoms with Gasteiger partial charge in [-0.3, -0.25) is 0 Å². The van der Waals surface area contributed by atoms with E-state index in [0.29, 0.717) is 5.60 Å². The summed E-state index contributed by atoms with van der Waals surface area (Å²) in [6.07, 6.45) is 5.85. The zero-order valence-electron chi connectivity index (χ0n) is 7.18. The number of fused-ring (bicyclic) bond motifs is 1. The fourth-order valence-corrected chi connectivity index (χ4v) is 3.92. The molecular weight excluding hydrogens is 136 g/mol. The van der Waals surface area contributed by atoms with Gasteiger partial charge in [0.05, 0.1) is 5.60 Å². The number of rotatable bonds is 2. The molecule has 0 aliphatic heterocycles. The SMILES string of the molecule is CCOC12CC3CC1CC2C3. The van der Waals surface area contributed by atoms with Crippen LogP contribution in [0.5, 0.6) is 0 Å². The average molecular weight is 152 g/mol. The second-order valence-electron chi connectivity index (χ2n) is 4.56. The molecule has 3 rings (SSSR count). The molecule has 0 aromatic carbocycles. The van der Waals surface area contributed by atoms with Crippen molar-refractivity contribution in [1.29, 1.82) is 0 Å². The Morgan fingerprint density at radius 3 is 2.45 bits per heavy atom. The van der Waals surface area contributed by atoms with Gasteiger partial charge in [-0.05, 0) is 50.4 Å². The van der Waals surface area contributed by atoms with Gasteiger partial charge in [0.2, 0.25) is 0 Å². The molecule has 0 aromatic heterocycles. The van der Waals surface area contributed by atoms with E-state index < -0.39 is 0 Å². The van der Waals surface area contributed by atoms with Crippen LogP contribution in [0.15, 0.2) is 0 Å². The number of hydrogen-bond donors (Lipinski definition) is 0. The minimum absolute atomic E-state index is 0.416. The van der Waals surface area contributed by atoms with E-state index in [0.717, 1.165) is 24.4 Å². The number of ether oxygens (including phenoxy) is 1. The molecule has 0 N–H and O–H groups in total. The van der Waals surface area contributed by atoms with E-state index in [9.17, 15) is 0 Å². The standard InChI is InChI=1S/C10H16O/c1-2-11-10-6-7-3-8(10)5-9(10)4-7/h7-9H,2-6H2,1H3. The van der Waals surface area contributed by atoms with Gasteiger partial charge in [-0.1, -0.05) is 0 Å². The largest absolute Gasteiger partial charge is 0.375 e. The van der Waals surface area contributed by atoms with E-state index in [2.05, 4.69) is 6.92 Å². The van der Waals surface area contributed by atoms with Gasteiger partial charge in [-0.2, -0.15) is 0 Å². The van der Waals surface area contributed by atoms with Crippen LogP contribution in [-0.4, -0.2) is 12.2 Å². The Morgan fingerprint density at radius 2 is 2.00 bits per heavy atom. The van der Waals surface area contributed by atoms with Gasteiger partial charge in [0.1, 0.15) is 0 Å². The minimum Gasteiger partial charge on any atom is -0.375 e. The van der Waals surface area contributed by atoms with E-state index in [1.807, 2.05) is 0 Å². The third-order valence-corrected chi connectivity index (χ3v) is 4.21. The summed E-state index contributed by atoms with van der Waals surface area (Å²) in [7, 11) is 0. The minimum atomic E-state index is 0.416. The van der Waals surface area contributed by atoms with E-state index in [1.54, 1.807) is 0 Å². The predicted octanol–water partition coefficient (Wildman–Crippen LogP) is 2.21. The van der Waals surface area contributed by atoms with Crippen molar-refractivity contribution in [3.63, 3.8) is 0 Å². The molecule has 0 saturated heterocycles. The summed E-state index contributed by atoms with van der Waals surface area (Å²) in [5.74, 6) is 2.97. The molecule has 0 heterocycles. The maximum absolute atomic E-state index is 5.94. The van der Waals surface area contributed by atoms with Crippen LogP contribution in [0.2, 0.25) is 0 Å². The lowest BCUT2D eigenvalue weighted by atomic mass is 9.60. The van der Waals surface area contributed by atoms with Crippen LogP contribution in [0.4, 0.5) is 0 Å². The maximum Gasteiger partial charge on any atom is 0.0741 e. The van der Waals surface area contributed by atoms with Gasteiger partial charge in [0.25, 0.3) is 0 Å². The quantitative estimate of drug-likeness (QED) is 0.589. The molecule has 0 spiro atoms. The summed E-state index contributed by atoms with van der Waals surface area (Å²) in [5.41, 5.74) is 0.416. The normalized spacial score (nSPS) is 58.1. The molecule has 0 radical (unpaired) electrons. The Kier molecular flexibility index (Phi) is 1.07. The fourth-order valence-electron chi connectivity index (χ4n) is 3.92. The molecule has 0 amide bonds. The molecule has 2 unspecified atom stereocenters. The van der Waals surface area contributed by atoms with Gasteiger partial charge in [-0.15, -0.1) is 0 Å². The summed E-state index contributed by atoms with van der Waals surface area (Å²) in [6, 6.07) is 0. The van der Waals surface area contributed by atoms with Crippen molar-refractivity contribution in [1.82, 2.24) is 0 Å². The van der Waals surface area contributed by atoms with Crippen molar-refractivity contribution in [2.75, 3.05) is 6.61 Å². The van der Waals surface area contributed by atoms with E-state index in [4.69, 9.17) is 4.74 Å². The first-order valence-corrected chi connectivity index (χ1v) is 4.99. The monoisotopic (exact) mass is 152 g/mol. The second-order valence-corrected chi connectivity index (χ2v) is 4.56. The van der Waals surface area contributed by atoms with Crippen molar-refractivity contribution >= 4 is 0 Å². The van der Waals surface area contributed by atoms with Crippen molar-refractivity contribution in [3.05, 3.63) is 0 Å². The lowest BCUT2D eigenvalue weighted by Gasteiger charge is -2.52. The van der Waals surface area contributed by atoms with E-state index in [1.165, 1.54) is 25.7 Å². The molecular formula is C10H16O. The second kappa shape index (κ2) is 1.82. The maximum atomic E-state index is 5.94. The third kappa shape index (κ3) is 0.581. The summed E-state index contributed by atoms with van der Waals surface area (Å²) in [5, 5.41) is 0. The molecule has 0 aromatic rings. The zero-order chi connectivity index (χ0) is 7.47. The van der Waals surface area contributed by atoms with Crippen LogP contribution in [0.25, 0.3) is 0 Å². The molecule has 2 atom stereocenters. The first-order valence-electron chi connectivity index (χ1n) is 4.99. The first kappa shape index (κ1) is 6.47. The van der Waals surface area contributed by atoms with Crippen molar-refractivity contribution < 1.29 is 4.74 Å². The predicted molar refractivity (Wildman–Crippen MR) is 43.3 cm³/mol. The van der Waals surface area contributed by atoms with Crippen molar-refractivity contribution in [3.8, 4) is 0 Å². The Hall–Kier alpha value is -0.0400. The zero-order valence-corrected chi connectivity index (χ0v) is 7.18. The fraction of sp³-hybridized carbons (Fsp3) is 1.00.